The minimum Gasteiger partial charge on any atom is -0.368 e. The van der Waals surface area contributed by atoms with E-state index in [1.807, 2.05) is 17.0 Å². The molecule has 0 aromatic heterocycles. The summed E-state index contributed by atoms with van der Waals surface area (Å²) >= 11 is 0. The Bertz CT molecular complexity index is 314. The first-order valence-corrected chi connectivity index (χ1v) is 5.02. The topological polar surface area (TPSA) is 29.3 Å². The Morgan fingerprint density at radius 3 is 2.86 bits per heavy atom. The highest BCUT2D eigenvalue weighted by Gasteiger charge is 2.18. The SMILES string of the molecule is N[C@H]1CCCN(c2ccccc2F)C1. The van der Waals surface area contributed by atoms with Gasteiger partial charge in [0.25, 0.3) is 0 Å². The maximum atomic E-state index is 13.4. The van der Waals surface area contributed by atoms with Gasteiger partial charge < -0.3 is 10.6 Å². The minimum atomic E-state index is -0.151. The monoisotopic (exact) mass is 194 g/mol. The van der Waals surface area contributed by atoms with E-state index in [4.69, 9.17) is 5.73 Å². The lowest BCUT2D eigenvalue weighted by Gasteiger charge is -2.32. The van der Waals surface area contributed by atoms with Crippen LogP contribution in [0.3, 0.4) is 0 Å². The van der Waals surface area contributed by atoms with Crippen molar-refractivity contribution >= 4 is 5.69 Å². The molecular formula is C11H15FN2. The average molecular weight is 194 g/mol. The Balaban J connectivity index is 2.18. The van der Waals surface area contributed by atoms with Crippen LogP contribution in [0.5, 0.6) is 0 Å². The third kappa shape index (κ3) is 1.87. The molecule has 76 valence electrons. The highest BCUT2D eigenvalue weighted by Crippen LogP contribution is 2.22. The molecule has 1 heterocycles. The van der Waals surface area contributed by atoms with Crippen molar-refractivity contribution in [3.05, 3.63) is 30.1 Å². The molecule has 1 saturated heterocycles. The van der Waals surface area contributed by atoms with Crippen LogP contribution in [0.25, 0.3) is 0 Å². The van der Waals surface area contributed by atoms with Crippen molar-refractivity contribution in [3.63, 3.8) is 0 Å². The van der Waals surface area contributed by atoms with E-state index in [-0.39, 0.29) is 11.9 Å². The number of hydrogen-bond acceptors (Lipinski definition) is 2. The minimum absolute atomic E-state index is 0.151. The first-order chi connectivity index (χ1) is 6.77. The Labute approximate surface area is 83.5 Å². The van der Waals surface area contributed by atoms with Gasteiger partial charge in [-0.2, -0.15) is 0 Å². The van der Waals surface area contributed by atoms with Gasteiger partial charge in [-0.25, -0.2) is 4.39 Å². The van der Waals surface area contributed by atoms with Gasteiger partial charge >= 0.3 is 0 Å². The summed E-state index contributed by atoms with van der Waals surface area (Å²) in [6.45, 7) is 1.68. The molecule has 0 bridgehead atoms. The molecule has 0 amide bonds. The van der Waals surface area contributed by atoms with Crippen molar-refractivity contribution < 1.29 is 4.39 Å². The maximum Gasteiger partial charge on any atom is 0.146 e. The van der Waals surface area contributed by atoms with E-state index in [9.17, 15) is 4.39 Å². The molecule has 2 nitrogen and oxygen atoms in total. The van der Waals surface area contributed by atoms with E-state index in [1.54, 1.807) is 6.07 Å². The number of halogens is 1. The van der Waals surface area contributed by atoms with E-state index in [2.05, 4.69) is 0 Å². The van der Waals surface area contributed by atoms with Crippen LogP contribution in [0, 0.1) is 5.82 Å². The Hall–Kier alpha value is -1.09. The lowest BCUT2D eigenvalue weighted by Crippen LogP contribution is -2.43. The molecule has 2 rings (SSSR count). The zero-order valence-corrected chi connectivity index (χ0v) is 8.12. The van der Waals surface area contributed by atoms with Gasteiger partial charge in [0.05, 0.1) is 5.69 Å². The quantitative estimate of drug-likeness (QED) is 0.738. The molecule has 0 aliphatic carbocycles. The molecule has 1 aromatic carbocycles. The van der Waals surface area contributed by atoms with Crippen molar-refractivity contribution in [2.24, 2.45) is 5.73 Å². The van der Waals surface area contributed by atoms with Crippen LogP contribution in [-0.4, -0.2) is 19.1 Å². The molecule has 0 radical (unpaired) electrons. The molecule has 0 unspecified atom stereocenters. The summed E-state index contributed by atoms with van der Waals surface area (Å²) in [5.41, 5.74) is 6.53. The van der Waals surface area contributed by atoms with Crippen molar-refractivity contribution in [2.75, 3.05) is 18.0 Å². The van der Waals surface area contributed by atoms with Crippen LogP contribution in [-0.2, 0) is 0 Å². The zero-order chi connectivity index (χ0) is 9.97. The molecule has 1 aliphatic heterocycles. The molecule has 0 spiro atoms. The molecule has 14 heavy (non-hydrogen) atoms. The zero-order valence-electron chi connectivity index (χ0n) is 8.12. The van der Waals surface area contributed by atoms with Gasteiger partial charge in [-0.1, -0.05) is 12.1 Å². The van der Waals surface area contributed by atoms with Crippen LogP contribution in [0.4, 0.5) is 10.1 Å². The van der Waals surface area contributed by atoms with E-state index in [0.717, 1.165) is 25.9 Å². The summed E-state index contributed by atoms with van der Waals surface area (Å²) in [6, 6.07) is 7.06. The Kier molecular flexibility index (Phi) is 2.68. The summed E-state index contributed by atoms with van der Waals surface area (Å²) in [6.07, 6.45) is 2.10. The first kappa shape index (κ1) is 9.46. The summed E-state index contributed by atoms with van der Waals surface area (Å²) in [5, 5.41) is 0. The largest absolute Gasteiger partial charge is 0.368 e. The van der Waals surface area contributed by atoms with Gasteiger partial charge in [0.2, 0.25) is 0 Å². The molecule has 1 aliphatic rings. The van der Waals surface area contributed by atoms with Crippen molar-refractivity contribution in [2.45, 2.75) is 18.9 Å². The summed E-state index contributed by atoms with van der Waals surface area (Å²) in [7, 11) is 0. The number of para-hydroxylation sites is 1. The van der Waals surface area contributed by atoms with Crippen molar-refractivity contribution in [1.82, 2.24) is 0 Å². The molecule has 1 fully saturated rings. The normalized spacial score (nSPS) is 22.4. The van der Waals surface area contributed by atoms with Crippen molar-refractivity contribution in [1.29, 1.82) is 0 Å². The third-order valence-electron chi connectivity index (χ3n) is 2.65. The molecule has 1 aromatic rings. The lowest BCUT2D eigenvalue weighted by atomic mass is 10.1. The number of benzene rings is 1. The summed E-state index contributed by atoms with van der Waals surface area (Å²) < 4.78 is 13.4. The van der Waals surface area contributed by atoms with E-state index < -0.39 is 0 Å². The fourth-order valence-corrected chi connectivity index (χ4v) is 1.94. The fourth-order valence-electron chi connectivity index (χ4n) is 1.94. The lowest BCUT2D eigenvalue weighted by molar-refractivity contribution is 0.498. The van der Waals surface area contributed by atoms with Crippen LogP contribution < -0.4 is 10.6 Å². The first-order valence-electron chi connectivity index (χ1n) is 5.02. The average Bonchev–Trinajstić information content (AvgIpc) is 2.18. The van der Waals surface area contributed by atoms with Crippen LogP contribution in [0.15, 0.2) is 24.3 Å². The van der Waals surface area contributed by atoms with Gasteiger partial charge in [-0.15, -0.1) is 0 Å². The Morgan fingerprint density at radius 2 is 2.14 bits per heavy atom. The van der Waals surface area contributed by atoms with Crippen LogP contribution >= 0.6 is 0 Å². The summed E-state index contributed by atoms with van der Waals surface area (Å²) in [5.74, 6) is -0.151. The van der Waals surface area contributed by atoms with Gasteiger partial charge in [-0.05, 0) is 25.0 Å². The predicted octanol–water partition coefficient (Wildman–Crippen LogP) is 1.75. The van der Waals surface area contributed by atoms with Gasteiger partial charge in [-0.3, -0.25) is 0 Å². The van der Waals surface area contributed by atoms with Crippen LogP contribution in [0.2, 0.25) is 0 Å². The number of rotatable bonds is 1. The van der Waals surface area contributed by atoms with E-state index in [1.165, 1.54) is 6.07 Å². The molecule has 1 atom stereocenters. The maximum absolute atomic E-state index is 13.4. The highest BCUT2D eigenvalue weighted by atomic mass is 19.1. The van der Waals surface area contributed by atoms with Crippen LogP contribution in [0.1, 0.15) is 12.8 Å². The van der Waals surface area contributed by atoms with E-state index in [0.29, 0.717) is 5.69 Å². The second-order valence-corrected chi connectivity index (χ2v) is 3.80. The standard InChI is InChI=1S/C11H15FN2/c12-10-5-1-2-6-11(10)14-7-3-4-9(13)8-14/h1-2,5-6,9H,3-4,7-8,13H2/t9-/m0/s1. The van der Waals surface area contributed by atoms with Gasteiger partial charge in [0, 0.05) is 19.1 Å². The van der Waals surface area contributed by atoms with Gasteiger partial charge in [0.15, 0.2) is 0 Å². The number of anilines is 1. The third-order valence-corrected chi connectivity index (χ3v) is 2.65. The molecule has 2 N–H and O–H groups in total. The number of nitrogens with zero attached hydrogens (tertiary/aromatic N) is 1. The molecular weight excluding hydrogens is 179 g/mol. The number of hydrogen-bond donors (Lipinski definition) is 1. The number of nitrogens with two attached hydrogens (primary N) is 1. The van der Waals surface area contributed by atoms with Gasteiger partial charge in [0.1, 0.15) is 5.82 Å². The fraction of sp³-hybridized carbons (Fsp3) is 0.455. The number of piperidine rings is 1. The van der Waals surface area contributed by atoms with E-state index >= 15 is 0 Å². The second kappa shape index (κ2) is 3.96. The predicted molar refractivity (Wildman–Crippen MR) is 55.8 cm³/mol. The van der Waals surface area contributed by atoms with Crippen molar-refractivity contribution in [3.8, 4) is 0 Å². The Morgan fingerprint density at radius 1 is 1.36 bits per heavy atom. The summed E-state index contributed by atoms with van der Waals surface area (Å²) in [4.78, 5) is 2.03. The highest BCUT2D eigenvalue weighted by molar-refractivity contribution is 5.48. The molecule has 3 heteroatoms. The smallest absolute Gasteiger partial charge is 0.146 e. The molecule has 0 saturated carbocycles. The second-order valence-electron chi connectivity index (χ2n) is 3.80.